The molecule has 0 heterocycles. The molecule has 0 aliphatic rings. The molecular weight excluding hydrogens is 310 g/mol. The van der Waals surface area contributed by atoms with E-state index < -0.39 is 10.4 Å². The highest BCUT2D eigenvalue weighted by atomic mass is 32.3. The molecule has 0 rings (SSSR count). The molecule has 0 aromatic heterocycles. The number of esters is 1. The first kappa shape index (κ1) is 23.6. The van der Waals surface area contributed by atoms with Gasteiger partial charge < -0.3 is 13.8 Å². The van der Waals surface area contributed by atoms with E-state index in [9.17, 15) is 17.8 Å². The number of carbonyl (C=O) groups excluding carboxylic acids is 1. The van der Waals surface area contributed by atoms with E-state index >= 15 is 0 Å². The molecule has 0 aromatic carbocycles. The Morgan fingerprint density at radius 3 is 1.95 bits per heavy atom. The van der Waals surface area contributed by atoms with Gasteiger partial charge >= 0.3 is 5.97 Å². The maximum absolute atomic E-state index is 11.6. The number of carbonyl (C=O) groups is 1. The number of hydrogen-bond acceptors (Lipinski definition) is 6. The van der Waals surface area contributed by atoms with Crippen molar-refractivity contribution >= 4 is 16.4 Å². The van der Waals surface area contributed by atoms with E-state index in [-0.39, 0.29) is 18.0 Å². The fourth-order valence-corrected chi connectivity index (χ4v) is 1.32. The zero-order valence-electron chi connectivity index (χ0n) is 14.8. The van der Waals surface area contributed by atoms with Gasteiger partial charge in [0, 0.05) is 0 Å². The molecule has 0 N–H and O–H groups in total. The topological polar surface area (TPSA) is 92.7 Å². The van der Waals surface area contributed by atoms with Crippen LogP contribution in [0.1, 0.15) is 41.0 Å². The van der Waals surface area contributed by atoms with Gasteiger partial charge in [0.2, 0.25) is 10.4 Å². The van der Waals surface area contributed by atoms with Crippen molar-refractivity contribution in [2.45, 2.75) is 41.0 Å². The zero-order chi connectivity index (χ0) is 18.0. The van der Waals surface area contributed by atoms with Crippen molar-refractivity contribution in [1.29, 1.82) is 0 Å². The molecule has 22 heavy (non-hydrogen) atoms. The number of ether oxygens (including phenoxy) is 1. The lowest BCUT2D eigenvalue weighted by atomic mass is 9.91. The molecule has 7 nitrogen and oxygen atoms in total. The summed E-state index contributed by atoms with van der Waals surface area (Å²) in [6, 6.07) is 0. The van der Waals surface area contributed by atoms with Crippen molar-refractivity contribution < 1.29 is 31.2 Å². The van der Waals surface area contributed by atoms with Crippen LogP contribution in [-0.2, 0) is 24.1 Å². The van der Waals surface area contributed by atoms with Crippen LogP contribution in [0.15, 0.2) is 0 Å². The molecule has 0 saturated heterocycles. The Hall–Kier alpha value is -0.700. The summed E-state index contributed by atoms with van der Waals surface area (Å²) in [7, 11) is -0.149. The molecule has 0 saturated carbocycles. The van der Waals surface area contributed by atoms with Crippen LogP contribution in [-0.4, -0.2) is 63.8 Å². The summed E-state index contributed by atoms with van der Waals surface area (Å²) in [6.45, 7) is 11.8. The summed E-state index contributed by atoms with van der Waals surface area (Å²) in [5, 5.41) is 0. The summed E-state index contributed by atoms with van der Waals surface area (Å²) in [5.41, 5.74) is -0.344. The van der Waals surface area contributed by atoms with E-state index in [1.165, 1.54) is 6.92 Å². The van der Waals surface area contributed by atoms with E-state index in [1.54, 1.807) is 0 Å². The molecule has 0 spiro atoms. The molecule has 0 aliphatic carbocycles. The predicted molar refractivity (Wildman–Crippen MR) is 83.9 cm³/mol. The first-order chi connectivity index (χ1) is 9.81. The highest BCUT2D eigenvalue weighted by Crippen LogP contribution is 2.21. The smallest absolute Gasteiger partial charge is 0.311 e. The van der Waals surface area contributed by atoms with Crippen molar-refractivity contribution in [3.8, 4) is 0 Å². The number of rotatable bonds is 8. The quantitative estimate of drug-likeness (QED) is 0.288. The Bertz CT molecular complexity index is 417. The van der Waals surface area contributed by atoms with E-state index in [1.807, 2.05) is 20.8 Å². The van der Waals surface area contributed by atoms with Gasteiger partial charge in [0.1, 0.15) is 13.2 Å². The van der Waals surface area contributed by atoms with Gasteiger partial charge in [-0.15, -0.1) is 0 Å². The van der Waals surface area contributed by atoms with Crippen molar-refractivity contribution in [3.63, 3.8) is 0 Å². The number of likely N-dealkylation sites (N-methyl/N-ethyl adjacent to an activating group) is 1. The van der Waals surface area contributed by atoms with Crippen molar-refractivity contribution in [2.24, 2.45) is 5.41 Å². The minimum Gasteiger partial charge on any atom is -0.726 e. The molecule has 8 heteroatoms. The third kappa shape index (κ3) is 13.0. The van der Waals surface area contributed by atoms with Gasteiger partial charge in [-0.05, 0) is 34.1 Å². The standard InChI is InChI=1S/C12H26NO2.C2H6O4S/c1-7-12(3,4)11(14)15-10-9-13(5,6)8-2;1-2-6-7(3,4)5/h7-10H2,1-6H3;2H2,1H3,(H,3,4,5)/q+1;/p-1. The molecule has 134 valence electrons. The van der Waals surface area contributed by atoms with Gasteiger partial charge in [-0.3, -0.25) is 8.98 Å². The Kier molecular flexibility index (Phi) is 10.9. The predicted octanol–water partition coefficient (Wildman–Crippen LogP) is 1.55. The van der Waals surface area contributed by atoms with E-state index in [4.69, 9.17) is 4.74 Å². The Labute approximate surface area is 135 Å². The van der Waals surface area contributed by atoms with Crippen molar-refractivity contribution in [2.75, 3.05) is 40.4 Å². The largest absolute Gasteiger partial charge is 0.726 e. The van der Waals surface area contributed by atoms with Gasteiger partial charge in [-0.2, -0.15) is 0 Å². The summed E-state index contributed by atoms with van der Waals surface area (Å²) >= 11 is 0. The number of nitrogens with zero attached hydrogens (tertiary/aromatic N) is 1. The first-order valence-electron chi connectivity index (χ1n) is 7.40. The lowest BCUT2D eigenvalue weighted by Crippen LogP contribution is -2.42. The number of hydrogen-bond donors (Lipinski definition) is 0. The Morgan fingerprint density at radius 1 is 1.18 bits per heavy atom. The van der Waals surface area contributed by atoms with Crippen LogP contribution in [0.2, 0.25) is 0 Å². The summed E-state index contributed by atoms with van der Waals surface area (Å²) < 4.78 is 38.2. The summed E-state index contributed by atoms with van der Waals surface area (Å²) in [5.74, 6) is -0.0823. The molecule has 0 amide bonds. The monoisotopic (exact) mass is 341 g/mol. The highest BCUT2D eigenvalue weighted by molar-refractivity contribution is 7.80. The molecule has 0 radical (unpaired) electrons. The molecular formula is C14H31NO6S. The second kappa shape index (κ2) is 10.1. The van der Waals surface area contributed by atoms with Crippen LogP contribution in [0.3, 0.4) is 0 Å². The van der Waals surface area contributed by atoms with Gasteiger partial charge in [0.05, 0.1) is 32.7 Å². The minimum atomic E-state index is -4.42. The van der Waals surface area contributed by atoms with Gasteiger partial charge in [-0.1, -0.05) is 6.92 Å². The van der Waals surface area contributed by atoms with Crippen LogP contribution in [0.4, 0.5) is 0 Å². The van der Waals surface area contributed by atoms with Gasteiger partial charge in [-0.25, -0.2) is 8.42 Å². The normalized spacial score (nSPS) is 12.4. The zero-order valence-corrected chi connectivity index (χ0v) is 15.7. The summed E-state index contributed by atoms with van der Waals surface area (Å²) in [6.07, 6.45) is 0.817. The molecule has 0 bridgehead atoms. The van der Waals surface area contributed by atoms with Crippen LogP contribution in [0.5, 0.6) is 0 Å². The average Bonchev–Trinajstić information content (AvgIpc) is 2.37. The lowest BCUT2D eigenvalue weighted by Gasteiger charge is -2.28. The van der Waals surface area contributed by atoms with Crippen molar-refractivity contribution in [3.05, 3.63) is 0 Å². The molecule has 0 aromatic rings. The van der Waals surface area contributed by atoms with Crippen LogP contribution in [0, 0.1) is 5.41 Å². The highest BCUT2D eigenvalue weighted by Gasteiger charge is 2.27. The SMILES string of the molecule is CCC(C)(C)C(=O)OCC[N+](C)(C)CC.CCOS(=O)(=O)[O-]. The molecule has 0 atom stereocenters. The molecule has 0 fully saturated rings. The fourth-order valence-electron chi connectivity index (χ4n) is 1.03. The second-order valence-electron chi connectivity index (χ2n) is 6.16. The summed E-state index contributed by atoms with van der Waals surface area (Å²) in [4.78, 5) is 11.6. The van der Waals surface area contributed by atoms with Gasteiger partial charge in [0.15, 0.2) is 0 Å². The van der Waals surface area contributed by atoms with Crippen molar-refractivity contribution in [1.82, 2.24) is 0 Å². The fraction of sp³-hybridized carbons (Fsp3) is 0.929. The third-order valence-electron chi connectivity index (χ3n) is 3.48. The maximum atomic E-state index is 11.6. The molecule has 0 aliphatic heterocycles. The van der Waals surface area contributed by atoms with Crippen LogP contribution >= 0.6 is 0 Å². The maximum Gasteiger partial charge on any atom is 0.311 e. The average molecular weight is 341 g/mol. The van der Waals surface area contributed by atoms with Gasteiger partial charge in [0.25, 0.3) is 0 Å². The number of quaternary nitrogens is 1. The minimum absolute atomic E-state index is 0.0823. The first-order valence-corrected chi connectivity index (χ1v) is 8.74. The lowest BCUT2D eigenvalue weighted by molar-refractivity contribution is -0.888. The second-order valence-corrected chi connectivity index (χ2v) is 7.22. The van der Waals surface area contributed by atoms with Crippen LogP contribution < -0.4 is 0 Å². The van der Waals surface area contributed by atoms with E-state index in [2.05, 4.69) is 25.2 Å². The molecule has 0 unspecified atom stereocenters. The Balaban J connectivity index is 0. The van der Waals surface area contributed by atoms with E-state index in [0.29, 0.717) is 6.61 Å². The van der Waals surface area contributed by atoms with E-state index in [0.717, 1.165) is 24.0 Å². The third-order valence-corrected chi connectivity index (χ3v) is 4.01. The Morgan fingerprint density at radius 2 is 1.68 bits per heavy atom. The van der Waals surface area contributed by atoms with Crippen LogP contribution in [0.25, 0.3) is 0 Å².